The van der Waals surface area contributed by atoms with Gasteiger partial charge in [0, 0.05) is 15.0 Å². The first-order chi connectivity index (χ1) is 10.0. The number of nitrogens with zero attached hydrogens (tertiary/aromatic N) is 3. The van der Waals surface area contributed by atoms with Crippen molar-refractivity contribution >= 4 is 51.9 Å². The van der Waals surface area contributed by atoms with Crippen molar-refractivity contribution in [1.29, 1.82) is 0 Å². The van der Waals surface area contributed by atoms with E-state index in [1.807, 2.05) is 16.7 Å². The highest BCUT2D eigenvalue weighted by atomic mass is 127. The van der Waals surface area contributed by atoms with Crippen LogP contribution in [-0.2, 0) is 11.2 Å². The van der Waals surface area contributed by atoms with Gasteiger partial charge < -0.3 is 5.11 Å². The molecular weight excluding hydrogens is 425 g/mol. The van der Waals surface area contributed by atoms with E-state index >= 15 is 0 Å². The lowest BCUT2D eigenvalue weighted by molar-refractivity contribution is -0.133. The van der Waals surface area contributed by atoms with Gasteiger partial charge >= 0.3 is 5.97 Å². The van der Waals surface area contributed by atoms with Gasteiger partial charge in [-0.3, -0.25) is 9.36 Å². The number of aliphatic carboxylic acids is 1. The van der Waals surface area contributed by atoms with Gasteiger partial charge in [-0.2, -0.15) is 0 Å². The van der Waals surface area contributed by atoms with Crippen LogP contribution in [0.3, 0.4) is 0 Å². The average molecular weight is 438 g/mol. The molecule has 0 atom stereocenters. The Bertz CT molecular complexity index is 663. The molecule has 21 heavy (non-hydrogen) atoms. The first-order valence-electron chi connectivity index (χ1n) is 6.27. The summed E-state index contributed by atoms with van der Waals surface area (Å²) in [6, 6.07) is 5.57. The maximum atomic E-state index is 10.8. The molecule has 0 aliphatic heterocycles. The Morgan fingerprint density at radius 3 is 2.86 bits per heavy atom. The Labute approximate surface area is 145 Å². The third kappa shape index (κ3) is 4.10. The third-order valence-electron chi connectivity index (χ3n) is 2.65. The lowest BCUT2D eigenvalue weighted by Gasteiger charge is -2.11. The van der Waals surface area contributed by atoms with E-state index < -0.39 is 5.97 Å². The highest BCUT2D eigenvalue weighted by Gasteiger charge is 2.17. The van der Waals surface area contributed by atoms with Crippen LogP contribution in [0.4, 0.5) is 0 Å². The molecule has 0 amide bonds. The fourth-order valence-electron chi connectivity index (χ4n) is 1.81. The molecule has 0 unspecified atom stereocenters. The topological polar surface area (TPSA) is 68.0 Å². The molecule has 0 saturated carbocycles. The summed E-state index contributed by atoms with van der Waals surface area (Å²) in [5, 5.41) is 18.4. The molecule has 0 radical (unpaired) electrons. The summed E-state index contributed by atoms with van der Waals surface area (Å²) in [5.41, 5.74) is 0.918. The van der Waals surface area contributed by atoms with Gasteiger partial charge in [0.2, 0.25) is 0 Å². The molecule has 2 aromatic rings. The summed E-state index contributed by atoms with van der Waals surface area (Å²) in [6.07, 6.45) is 1.71. The smallest absolute Gasteiger partial charge is 0.313 e. The monoisotopic (exact) mass is 437 g/mol. The van der Waals surface area contributed by atoms with Crippen molar-refractivity contribution in [3.05, 3.63) is 32.6 Å². The number of hydrogen-bond donors (Lipinski definition) is 1. The molecule has 0 aliphatic rings. The summed E-state index contributed by atoms with van der Waals surface area (Å²) >= 11 is 9.36. The Balaban J connectivity index is 2.47. The van der Waals surface area contributed by atoms with E-state index in [4.69, 9.17) is 16.7 Å². The second kappa shape index (κ2) is 7.46. The number of rotatable bonds is 6. The van der Waals surface area contributed by atoms with Crippen molar-refractivity contribution in [2.24, 2.45) is 0 Å². The molecule has 8 heteroatoms. The molecule has 5 nitrogen and oxygen atoms in total. The van der Waals surface area contributed by atoms with Gasteiger partial charge in [-0.15, -0.1) is 10.2 Å². The van der Waals surface area contributed by atoms with E-state index in [-0.39, 0.29) is 5.75 Å². The summed E-state index contributed by atoms with van der Waals surface area (Å²) in [4.78, 5) is 10.8. The third-order valence-corrected chi connectivity index (χ3v) is 4.66. The van der Waals surface area contributed by atoms with Crippen LogP contribution >= 0.6 is 46.0 Å². The molecule has 0 bridgehead atoms. The van der Waals surface area contributed by atoms with Gasteiger partial charge in [-0.1, -0.05) is 30.3 Å². The zero-order chi connectivity index (χ0) is 15.4. The van der Waals surface area contributed by atoms with Gasteiger partial charge in [0.1, 0.15) is 5.82 Å². The summed E-state index contributed by atoms with van der Waals surface area (Å²) < 4.78 is 2.88. The van der Waals surface area contributed by atoms with Crippen molar-refractivity contribution in [2.75, 3.05) is 5.75 Å². The van der Waals surface area contributed by atoms with E-state index in [0.29, 0.717) is 10.2 Å². The normalized spacial score (nSPS) is 10.8. The molecule has 2 rings (SSSR count). The summed E-state index contributed by atoms with van der Waals surface area (Å²) in [6.45, 7) is 2.07. The SMILES string of the molecule is CCCc1nnc(SCC(=O)O)n1-c1ccc(Cl)cc1I. The number of carboxylic acids is 1. The zero-order valence-electron chi connectivity index (χ0n) is 11.2. The molecule has 0 saturated heterocycles. The minimum absolute atomic E-state index is 0.0472. The van der Waals surface area contributed by atoms with Crippen LogP contribution < -0.4 is 0 Å². The van der Waals surface area contributed by atoms with Crippen molar-refractivity contribution in [2.45, 2.75) is 24.9 Å². The molecule has 1 N–H and O–H groups in total. The number of hydrogen-bond acceptors (Lipinski definition) is 4. The predicted octanol–water partition coefficient (Wildman–Crippen LogP) is 3.65. The predicted molar refractivity (Wildman–Crippen MR) is 91.4 cm³/mol. The summed E-state index contributed by atoms with van der Waals surface area (Å²) in [5.74, 6) is -0.1000. The highest BCUT2D eigenvalue weighted by molar-refractivity contribution is 14.1. The fourth-order valence-corrected chi connectivity index (χ4v) is 3.61. The maximum absolute atomic E-state index is 10.8. The Morgan fingerprint density at radius 2 is 2.24 bits per heavy atom. The van der Waals surface area contributed by atoms with Crippen LogP contribution in [0.5, 0.6) is 0 Å². The number of aromatic nitrogens is 3. The van der Waals surface area contributed by atoms with Gasteiger partial charge in [0.25, 0.3) is 0 Å². The van der Waals surface area contributed by atoms with Crippen LogP contribution in [0.25, 0.3) is 5.69 Å². The van der Waals surface area contributed by atoms with Crippen LogP contribution in [0.2, 0.25) is 5.02 Å². The minimum atomic E-state index is -0.877. The average Bonchev–Trinajstić information content (AvgIpc) is 2.80. The number of benzene rings is 1. The van der Waals surface area contributed by atoms with Gasteiger partial charge in [-0.25, -0.2) is 0 Å². The lowest BCUT2D eigenvalue weighted by Crippen LogP contribution is -2.06. The Hall–Kier alpha value is -0.800. The van der Waals surface area contributed by atoms with Crippen LogP contribution in [0.15, 0.2) is 23.4 Å². The molecular formula is C13H13ClIN3O2S. The second-order valence-corrected chi connectivity index (χ2v) is 6.80. The van der Waals surface area contributed by atoms with Gasteiger partial charge in [0.05, 0.1) is 11.4 Å². The summed E-state index contributed by atoms with van der Waals surface area (Å²) in [7, 11) is 0. The number of thioether (sulfide) groups is 1. The van der Waals surface area contributed by atoms with Gasteiger partial charge in [-0.05, 0) is 47.2 Å². The van der Waals surface area contributed by atoms with Gasteiger partial charge in [0.15, 0.2) is 5.16 Å². The van der Waals surface area contributed by atoms with Crippen LogP contribution in [-0.4, -0.2) is 31.6 Å². The van der Waals surface area contributed by atoms with E-state index in [9.17, 15) is 4.79 Å². The van der Waals surface area contributed by atoms with Crippen LogP contribution in [0.1, 0.15) is 19.2 Å². The van der Waals surface area contributed by atoms with Crippen molar-refractivity contribution in [1.82, 2.24) is 14.8 Å². The van der Waals surface area contributed by atoms with Crippen molar-refractivity contribution < 1.29 is 9.90 Å². The first-order valence-corrected chi connectivity index (χ1v) is 8.71. The van der Waals surface area contributed by atoms with E-state index in [1.165, 1.54) is 0 Å². The van der Waals surface area contributed by atoms with Crippen molar-refractivity contribution in [3.63, 3.8) is 0 Å². The van der Waals surface area contributed by atoms with E-state index in [1.54, 1.807) is 6.07 Å². The zero-order valence-corrected chi connectivity index (χ0v) is 14.9. The largest absolute Gasteiger partial charge is 0.481 e. The van der Waals surface area contributed by atoms with Crippen molar-refractivity contribution in [3.8, 4) is 5.69 Å². The molecule has 1 heterocycles. The molecule has 112 valence electrons. The second-order valence-electron chi connectivity index (χ2n) is 4.26. The number of aryl methyl sites for hydroxylation is 1. The van der Waals surface area contributed by atoms with E-state index in [2.05, 4.69) is 39.7 Å². The Kier molecular flexibility index (Phi) is 5.88. The standard InChI is InChI=1S/C13H13ClIN3O2S/c1-2-3-11-16-17-13(21-7-12(19)20)18(11)10-5-4-8(14)6-9(10)15/h4-6H,2-3,7H2,1H3,(H,19,20). The van der Waals surface area contributed by atoms with Crippen LogP contribution in [0, 0.1) is 3.57 Å². The minimum Gasteiger partial charge on any atom is -0.481 e. The molecule has 1 aromatic heterocycles. The van der Waals surface area contributed by atoms with E-state index in [0.717, 1.165) is 39.7 Å². The quantitative estimate of drug-likeness (QED) is 0.552. The molecule has 1 aromatic carbocycles. The highest BCUT2D eigenvalue weighted by Crippen LogP contribution is 2.27. The molecule has 0 fully saturated rings. The number of carbonyl (C=O) groups is 1. The fraction of sp³-hybridized carbons (Fsp3) is 0.308. The molecule has 0 aliphatic carbocycles. The Morgan fingerprint density at radius 1 is 1.48 bits per heavy atom. The maximum Gasteiger partial charge on any atom is 0.313 e. The lowest BCUT2D eigenvalue weighted by atomic mass is 10.3. The number of halogens is 2. The number of carboxylic acid groups (broad SMARTS) is 1. The first kappa shape index (κ1) is 16.6. The molecule has 0 spiro atoms.